The molecule has 1 N–H and O–H groups in total. The van der Waals surface area contributed by atoms with E-state index in [9.17, 15) is 14.0 Å². The minimum absolute atomic E-state index is 0.0881. The van der Waals surface area contributed by atoms with Crippen LogP contribution in [0.25, 0.3) is 11.0 Å². The van der Waals surface area contributed by atoms with E-state index in [1.807, 2.05) is 0 Å². The quantitative estimate of drug-likeness (QED) is 0.516. The molecule has 2 radical (unpaired) electrons. The number of amides is 1. The van der Waals surface area contributed by atoms with Gasteiger partial charge in [0.25, 0.3) is 5.91 Å². The van der Waals surface area contributed by atoms with Gasteiger partial charge < -0.3 is 8.87 Å². The standard InChI is InChI=1S/C15H7Cl3FN3O2.Al/c16-8-2-1-3-9(17)11(8)21-15(24)7-5-20-14-6(12(7)23)4-10(19)13(18)22-14;/h1-5H,(H2,20,21,22,23,24);/q;+1/p-1. The molecule has 0 unspecified atom stereocenters. The van der Waals surface area contributed by atoms with Crippen LogP contribution in [0.4, 0.5) is 10.1 Å². The first-order chi connectivity index (χ1) is 11.8. The van der Waals surface area contributed by atoms with Crippen LogP contribution in [0.1, 0.15) is 10.4 Å². The van der Waals surface area contributed by atoms with Crippen LogP contribution in [0.3, 0.4) is 0 Å². The molecule has 2 heterocycles. The number of halogens is 4. The molecule has 124 valence electrons. The number of benzene rings is 1. The maximum absolute atomic E-state index is 13.7. The van der Waals surface area contributed by atoms with E-state index < -0.39 is 17.2 Å². The summed E-state index contributed by atoms with van der Waals surface area (Å²) < 4.78 is 15.0. The van der Waals surface area contributed by atoms with Crippen LogP contribution in [0.15, 0.2) is 35.3 Å². The van der Waals surface area contributed by atoms with Crippen molar-refractivity contribution in [2.45, 2.75) is 0 Å². The van der Waals surface area contributed by atoms with Crippen LogP contribution in [-0.4, -0.2) is 31.0 Å². The SMILES string of the molecule is O=C(Nc1c(Cl)cccc1Cl)c1c[n]([Al])c2nc(Cl)c(F)cc2c1=O. The zero-order chi connectivity index (χ0) is 18.3. The summed E-state index contributed by atoms with van der Waals surface area (Å²) in [6.07, 6.45) is 1.25. The van der Waals surface area contributed by atoms with E-state index in [1.54, 1.807) is 18.2 Å². The number of pyridine rings is 2. The highest BCUT2D eigenvalue weighted by molar-refractivity contribution is 6.40. The molecule has 5 nitrogen and oxygen atoms in total. The highest BCUT2D eigenvalue weighted by Crippen LogP contribution is 2.30. The number of carbonyl (C=O) groups excluding carboxylic acids is 1. The van der Waals surface area contributed by atoms with Gasteiger partial charge in [-0.25, -0.2) is 9.37 Å². The lowest BCUT2D eigenvalue weighted by Crippen LogP contribution is -2.24. The lowest BCUT2D eigenvalue weighted by molar-refractivity contribution is 0.102. The third kappa shape index (κ3) is 3.39. The van der Waals surface area contributed by atoms with Gasteiger partial charge in [-0.15, -0.1) is 0 Å². The summed E-state index contributed by atoms with van der Waals surface area (Å²) in [4.78, 5) is 28.8. The molecule has 0 saturated heterocycles. The van der Waals surface area contributed by atoms with Gasteiger partial charge in [-0.1, -0.05) is 40.9 Å². The summed E-state index contributed by atoms with van der Waals surface area (Å²) in [5.41, 5.74) is -0.640. The van der Waals surface area contributed by atoms with Gasteiger partial charge in [-0.2, -0.15) is 0 Å². The summed E-state index contributed by atoms with van der Waals surface area (Å²) in [6, 6.07) is 5.63. The Kier molecular flexibility index (Phi) is 5.05. The smallest absolute Gasteiger partial charge is 0.319 e. The van der Waals surface area contributed by atoms with Crippen molar-refractivity contribution >= 4 is 73.9 Å². The van der Waals surface area contributed by atoms with Crippen LogP contribution in [0, 0.1) is 5.82 Å². The molecule has 0 aliphatic carbocycles. The first-order valence-corrected chi connectivity index (χ1v) is 8.36. The second kappa shape index (κ2) is 6.95. The van der Waals surface area contributed by atoms with Crippen molar-refractivity contribution in [1.29, 1.82) is 0 Å². The van der Waals surface area contributed by atoms with E-state index in [0.717, 1.165) is 6.07 Å². The van der Waals surface area contributed by atoms with Crippen molar-refractivity contribution in [3.63, 3.8) is 0 Å². The van der Waals surface area contributed by atoms with Gasteiger partial charge in [0.2, 0.25) is 5.43 Å². The van der Waals surface area contributed by atoms with Gasteiger partial charge in [-0.3, -0.25) is 9.59 Å². The van der Waals surface area contributed by atoms with Crippen LogP contribution in [0.5, 0.6) is 0 Å². The van der Waals surface area contributed by atoms with Gasteiger partial charge in [0, 0.05) is 0 Å². The minimum Gasteiger partial charge on any atom is -0.442 e. The van der Waals surface area contributed by atoms with E-state index >= 15 is 0 Å². The van der Waals surface area contributed by atoms with E-state index in [0.29, 0.717) is 0 Å². The van der Waals surface area contributed by atoms with Gasteiger partial charge >= 0.3 is 16.5 Å². The average molecular weight is 413 g/mol. The number of para-hydroxylation sites is 1. The van der Waals surface area contributed by atoms with Crippen molar-refractivity contribution in [1.82, 2.24) is 8.53 Å². The lowest BCUT2D eigenvalue weighted by Gasteiger charge is -2.12. The van der Waals surface area contributed by atoms with Gasteiger partial charge in [0.1, 0.15) is 11.2 Å². The van der Waals surface area contributed by atoms with Crippen molar-refractivity contribution in [2.75, 3.05) is 5.32 Å². The molecule has 0 bridgehead atoms. The topological polar surface area (TPSA) is 64.0 Å². The van der Waals surface area contributed by atoms with Crippen LogP contribution in [0.2, 0.25) is 15.2 Å². The first-order valence-electron chi connectivity index (χ1n) is 6.71. The maximum Gasteiger partial charge on any atom is 0.319 e. The van der Waals surface area contributed by atoms with E-state index in [-0.39, 0.29) is 37.5 Å². The fourth-order valence-corrected chi connectivity index (χ4v) is 3.16. The minimum atomic E-state index is -0.858. The normalized spacial score (nSPS) is 10.9. The molecule has 0 atom stereocenters. The molecule has 10 heteroatoms. The second-order valence-electron chi connectivity index (χ2n) is 4.96. The number of nitrogens with zero attached hydrogens (tertiary/aromatic N) is 2. The van der Waals surface area contributed by atoms with Crippen molar-refractivity contribution in [3.05, 3.63) is 67.3 Å². The summed E-state index contributed by atoms with van der Waals surface area (Å²) >= 11 is 19.9. The number of aromatic nitrogens is 2. The summed E-state index contributed by atoms with van der Waals surface area (Å²) in [5, 5.41) is 2.46. The van der Waals surface area contributed by atoms with Crippen LogP contribution >= 0.6 is 34.8 Å². The summed E-state index contributed by atoms with van der Waals surface area (Å²) in [7, 11) is 0. The Morgan fingerprint density at radius 2 is 1.88 bits per heavy atom. The first kappa shape index (κ1) is 18.2. The molecule has 0 spiro atoms. The highest BCUT2D eigenvalue weighted by Gasteiger charge is 2.18. The Hall–Kier alpha value is -1.62. The highest BCUT2D eigenvalue weighted by atomic mass is 35.5. The third-order valence-corrected chi connectivity index (χ3v) is 4.65. The maximum atomic E-state index is 13.7. The number of fused-ring (bicyclic) bond motifs is 1. The van der Waals surface area contributed by atoms with Crippen molar-refractivity contribution in [2.24, 2.45) is 0 Å². The van der Waals surface area contributed by atoms with Gasteiger partial charge in [0.15, 0.2) is 11.0 Å². The largest absolute Gasteiger partial charge is 0.442 e. The fraction of sp³-hybridized carbons (Fsp3) is 0. The Labute approximate surface area is 164 Å². The Morgan fingerprint density at radius 1 is 1.24 bits per heavy atom. The molecule has 3 rings (SSSR count). The van der Waals surface area contributed by atoms with Gasteiger partial charge in [-0.05, 0) is 24.4 Å². The molecule has 0 aliphatic rings. The lowest BCUT2D eigenvalue weighted by atomic mass is 10.2. The molecule has 2 aromatic heterocycles. The molecular weight excluding hydrogens is 407 g/mol. The van der Waals surface area contributed by atoms with E-state index in [2.05, 4.69) is 26.8 Å². The monoisotopic (exact) mass is 411 g/mol. The summed E-state index contributed by atoms with van der Waals surface area (Å²) in [5.74, 6) is -1.60. The third-order valence-electron chi connectivity index (χ3n) is 3.36. The number of hydrogen-bond donors (Lipinski definition) is 1. The number of hydrogen-bond acceptors (Lipinski definition) is 3. The molecule has 0 saturated carbocycles. The molecule has 25 heavy (non-hydrogen) atoms. The van der Waals surface area contributed by atoms with Crippen LogP contribution < -0.4 is 10.7 Å². The molecule has 0 aliphatic heterocycles. The predicted octanol–water partition coefficient (Wildman–Crippen LogP) is 3.68. The van der Waals surface area contributed by atoms with Crippen LogP contribution in [-0.2, 0) is 0 Å². The van der Waals surface area contributed by atoms with Crippen molar-refractivity contribution in [3.8, 4) is 0 Å². The van der Waals surface area contributed by atoms with Crippen molar-refractivity contribution < 1.29 is 9.18 Å². The number of anilines is 1. The van der Waals surface area contributed by atoms with Gasteiger partial charge in [0.05, 0.1) is 21.1 Å². The molecule has 3 aromatic rings. The predicted molar refractivity (Wildman–Crippen MR) is 96.5 cm³/mol. The Bertz CT molecular complexity index is 1070. The Morgan fingerprint density at radius 3 is 2.52 bits per heavy atom. The summed E-state index contributed by atoms with van der Waals surface area (Å²) in [6.45, 7) is 0. The Balaban J connectivity index is 2.13. The fourth-order valence-electron chi connectivity index (χ4n) is 2.19. The molecule has 1 amide bonds. The van der Waals surface area contributed by atoms with E-state index in [1.165, 1.54) is 9.75 Å². The molecule has 0 fully saturated rings. The molecule has 1 aromatic carbocycles. The average Bonchev–Trinajstić information content (AvgIpc) is 2.56. The zero-order valence-corrected chi connectivity index (χ0v) is 15.6. The van der Waals surface area contributed by atoms with E-state index in [4.69, 9.17) is 34.8 Å². The molecular formula is C15H6AlCl3FN3O2. The zero-order valence-electron chi connectivity index (χ0n) is 12.2. The number of rotatable bonds is 2. The number of carbonyl (C=O) groups is 1. The number of nitrogens with one attached hydrogen (secondary N) is 1. The second-order valence-corrected chi connectivity index (χ2v) is 6.69.